The summed E-state index contributed by atoms with van der Waals surface area (Å²) < 4.78 is 15.8. The van der Waals surface area contributed by atoms with Gasteiger partial charge in [-0.3, -0.25) is 4.79 Å². The summed E-state index contributed by atoms with van der Waals surface area (Å²) in [5.41, 5.74) is 0.312. The Bertz CT molecular complexity index is 1010. The van der Waals surface area contributed by atoms with E-state index in [0.29, 0.717) is 10.9 Å². The fraction of sp³-hybridized carbons (Fsp3) is 0.421. The molecular formula is C19H20O11. The van der Waals surface area contributed by atoms with Gasteiger partial charge in [0.05, 0.1) is 6.10 Å². The standard InChI is InChI=1S/C19H20O11/c1-7-4-13(22)29-12-5-8(2-3-9(7)12)28-19-11(21)6-10(20)17(30-19)15(24)14(23)16(25)18(26)27/h2-5,10,14-17,19-20,23-25H,6H2,1H3,(H,26,27)/t10-,14+,15-,16+,17+,19+/m1/s1. The fourth-order valence-electron chi connectivity index (χ4n) is 3.16. The van der Waals surface area contributed by atoms with Crippen LogP contribution >= 0.6 is 0 Å². The van der Waals surface area contributed by atoms with Crippen LogP contribution in [0.3, 0.4) is 0 Å². The van der Waals surface area contributed by atoms with Gasteiger partial charge < -0.3 is 39.4 Å². The van der Waals surface area contributed by atoms with Crippen LogP contribution < -0.4 is 10.4 Å². The first-order valence-corrected chi connectivity index (χ1v) is 8.93. The second-order valence-electron chi connectivity index (χ2n) is 6.96. The predicted molar refractivity (Wildman–Crippen MR) is 97.8 cm³/mol. The molecule has 30 heavy (non-hydrogen) atoms. The molecule has 1 fully saturated rings. The van der Waals surface area contributed by atoms with Gasteiger partial charge in [0, 0.05) is 23.9 Å². The van der Waals surface area contributed by atoms with Crippen molar-refractivity contribution in [1.82, 2.24) is 0 Å². The SMILES string of the molecule is Cc1cc(=O)oc2cc(O[C@H]3O[C@H]([C@H](O)[C@H](O)[C@H](O)C(=O)O)[C@H](O)CC3=O)ccc12. The van der Waals surface area contributed by atoms with Gasteiger partial charge in [-0.25, -0.2) is 9.59 Å². The Morgan fingerprint density at radius 1 is 1.20 bits per heavy atom. The molecule has 11 nitrogen and oxygen atoms in total. The van der Waals surface area contributed by atoms with Crippen molar-refractivity contribution in [1.29, 1.82) is 0 Å². The van der Waals surface area contributed by atoms with Crippen LogP contribution in [0.15, 0.2) is 33.5 Å². The molecule has 2 heterocycles. The number of carboxylic acids is 1. The zero-order chi connectivity index (χ0) is 22.2. The number of carbonyl (C=O) groups excluding carboxylic acids is 1. The molecule has 6 atom stereocenters. The molecule has 1 aliphatic rings. The summed E-state index contributed by atoms with van der Waals surface area (Å²) in [7, 11) is 0. The van der Waals surface area contributed by atoms with Gasteiger partial charge in [-0.2, -0.15) is 0 Å². The Morgan fingerprint density at radius 3 is 2.57 bits per heavy atom. The van der Waals surface area contributed by atoms with Crippen LogP contribution in [0.5, 0.6) is 5.75 Å². The smallest absolute Gasteiger partial charge is 0.336 e. The molecule has 1 aliphatic heterocycles. The minimum atomic E-state index is -2.33. The van der Waals surface area contributed by atoms with Gasteiger partial charge >= 0.3 is 11.6 Å². The lowest BCUT2D eigenvalue weighted by Crippen LogP contribution is -2.57. The molecule has 5 N–H and O–H groups in total. The highest BCUT2D eigenvalue weighted by atomic mass is 16.7. The first kappa shape index (κ1) is 21.9. The van der Waals surface area contributed by atoms with Crippen molar-refractivity contribution in [3.8, 4) is 5.75 Å². The van der Waals surface area contributed by atoms with Crippen LogP contribution in [-0.2, 0) is 14.3 Å². The number of carbonyl (C=O) groups is 2. The Morgan fingerprint density at radius 2 is 1.90 bits per heavy atom. The maximum atomic E-state index is 12.2. The first-order valence-electron chi connectivity index (χ1n) is 8.93. The number of ketones is 1. The topological polar surface area (TPSA) is 184 Å². The molecular weight excluding hydrogens is 404 g/mol. The van der Waals surface area contributed by atoms with Gasteiger partial charge in [-0.15, -0.1) is 0 Å². The molecule has 3 rings (SSSR count). The number of benzene rings is 1. The van der Waals surface area contributed by atoms with Crippen molar-refractivity contribution in [3.05, 3.63) is 40.2 Å². The lowest BCUT2D eigenvalue weighted by molar-refractivity contribution is -0.226. The maximum Gasteiger partial charge on any atom is 0.336 e. The van der Waals surface area contributed by atoms with E-state index >= 15 is 0 Å². The summed E-state index contributed by atoms with van der Waals surface area (Å²) in [6.45, 7) is 1.72. The average molecular weight is 424 g/mol. The number of aliphatic hydroxyl groups excluding tert-OH is 4. The third kappa shape index (κ3) is 4.35. The number of carboxylic acid groups (broad SMARTS) is 1. The van der Waals surface area contributed by atoms with E-state index in [9.17, 15) is 34.8 Å². The van der Waals surface area contributed by atoms with Gasteiger partial charge in [0.15, 0.2) is 6.10 Å². The number of aliphatic carboxylic acids is 1. The Hall–Kier alpha value is -2.83. The summed E-state index contributed by atoms with van der Waals surface area (Å²) in [6.07, 6.45) is -11.8. The van der Waals surface area contributed by atoms with Crippen molar-refractivity contribution in [2.75, 3.05) is 0 Å². The number of ether oxygens (including phenoxy) is 2. The number of aliphatic hydroxyl groups is 4. The number of rotatable bonds is 6. The summed E-state index contributed by atoms with van der Waals surface area (Å²) in [5.74, 6) is -2.38. The molecule has 2 aromatic rings. The highest BCUT2D eigenvalue weighted by molar-refractivity contribution is 5.84. The molecule has 0 amide bonds. The third-order valence-electron chi connectivity index (χ3n) is 4.76. The summed E-state index contributed by atoms with van der Waals surface area (Å²) in [4.78, 5) is 34.5. The minimum Gasteiger partial charge on any atom is -0.479 e. The minimum absolute atomic E-state index is 0.0883. The van der Waals surface area contributed by atoms with Gasteiger partial charge in [0.2, 0.25) is 5.78 Å². The molecule has 0 bridgehead atoms. The molecule has 0 unspecified atom stereocenters. The van der Waals surface area contributed by atoms with Gasteiger partial charge in [0.25, 0.3) is 6.29 Å². The molecule has 1 saturated heterocycles. The van der Waals surface area contributed by atoms with Crippen LogP contribution in [0.2, 0.25) is 0 Å². The quantitative estimate of drug-likeness (QED) is 0.347. The van der Waals surface area contributed by atoms with E-state index in [1.807, 2.05) is 0 Å². The fourth-order valence-corrected chi connectivity index (χ4v) is 3.16. The summed E-state index contributed by atoms with van der Waals surface area (Å²) in [5, 5.41) is 48.7. The van der Waals surface area contributed by atoms with Gasteiger partial charge in [-0.05, 0) is 24.6 Å². The first-order chi connectivity index (χ1) is 14.1. The maximum absolute atomic E-state index is 12.2. The molecule has 11 heteroatoms. The third-order valence-corrected chi connectivity index (χ3v) is 4.76. The van der Waals surface area contributed by atoms with Crippen molar-refractivity contribution in [3.63, 3.8) is 0 Å². The van der Waals surface area contributed by atoms with Crippen LogP contribution in [0.1, 0.15) is 12.0 Å². The van der Waals surface area contributed by atoms with Crippen molar-refractivity contribution < 1.29 is 49.0 Å². The molecule has 0 spiro atoms. The van der Waals surface area contributed by atoms with Gasteiger partial charge in [-0.1, -0.05) is 0 Å². The van der Waals surface area contributed by atoms with Crippen LogP contribution in [0, 0.1) is 6.92 Å². The second kappa shape index (κ2) is 8.50. The summed E-state index contributed by atoms with van der Waals surface area (Å²) in [6, 6.07) is 5.77. The van der Waals surface area contributed by atoms with E-state index in [4.69, 9.17) is 19.0 Å². The Labute approximate surface area is 168 Å². The van der Waals surface area contributed by atoms with Crippen LogP contribution in [0.25, 0.3) is 11.0 Å². The van der Waals surface area contributed by atoms with Crippen molar-refractivity contribution in [2.45, 2.75) is 50.2 Å². The highest BCUT2D eigenvalue weighted by Crippen LogP contribution is 2.27. The number of hydrogen-bond acceptors (Lipinski definition) is 10. The molecule has 162 valence electrons. The van der Waals surface area contributed by atoms with E-state index in [2.05, 4.69) is 0 Å². The van der Waals surface area contributed by atoms with E-state index in [1.165, 1.54) is 18.2 Å². The average Bonchev–Trinajstić information content (AvgIpc) is 2.67. The summed E-state index contributed by atoms with van der Waals surface area (Å²) >= 11 is 0. The van der Waals surface area contributed by atoms with Crippen molar-refractivity contribution in [2.24, 2.45) is 0 Å². The van der Waals surface area contributed by atoms with Gasteiger partial charge in [0.1, 0.15) is 29.6 Å². The lowest BCUT2D eigenvalue weighted by atomic mass is 9.94. The van der Waals surface area contributed by atoms with E-state index in [-0.39, 0.29) is 11.3 Å². The van der Waals surface area contributed by atoms with E-state index < -0.39 is 60.6 Å². The van der Waals surface area contributed by atoms with E-state index in [1.54, 1.807) is 13.0 Å². The molecule has 0 radical (unpaired) electrons. The van der Waals surface area contributed by atoms with Crippen LogP contribution in [-0.4, -0.2) is 74.1 Å². The molecule has 0 saturated carbocycles. The Kier molecular flexibility index (Phi) is 6.19. The van der Waals surface area contributed by atoms with Crippen molar-refractivity contribution >= 4 is 22.7 Å². The van der Waals surface area contributed by atoms with Crippen LogP contribution in [0.4, 0.5) is 0 Å². The predicted octanol–water partition coefficient (Wildman–Crippen LogP) is -1.31. The zero-order valence-corrected chi connectivity index (χ0v) is 15.7. The number of fused-ring (bicyclic) bond motifs is 1. The Balaban J connectivity index is 1.80. The largest absolute Gasteiger partial charge is 0.479 e. The molecule has 0 aliphatic carbocycles. The molecule has 1 aromatic carbocycles. The number of hydrogen-bond donors (Lipinski definition) is 5. The zero-order valence-electron chi connectivity index (χ0n) is 15.7. The highest BCUT2D eigenvalue weighted by Gasteiger charge is 2.45. The monoisotopic (exact) mass is 424 g/mol. The normalized spacial score (nSPS) is 25.0. The number of Topliss-reactive ketones (excluding diaryl/α,β-unsaturated/α-hetero) is 1. The lowest BCUT2D eigenvalue weighted by Gasteiger charge is -2.37. The number of aryl methyl sites for hydroxylation is 1. The molecule has 1 aromatic heterocycles. The van der Waals surface area contributed by atoms with E-state index in [0.717, 1.165) is 0 Å². The second-order valence-corrected chi connectivity index (χ2v) is 6.96.